The number of carbonyl (C=O) groups is 1. The lowest BCUT2D eigenvalue weighted by atomic mass is 9.92. The first-order valence-electron chi connectivity index (χ1n) is 8.61. The minimum Gasteiger partial charge on any atom is -0.369 e. The number of rotatable bonds is 6. The predicted molar refractivity (Wildman–Crippen MR) is 93.1 cm³/mol. The van der Waals surface area contributed by atoms with Crippen molar-refractivity contribution < 1.29 is 9.53 Å². The first-order chi connectivity index (χ1) is 11.0. The van der Waals surface area contributed by atoms with Crippen LogP contribution in [0.25, 0.3) is 0 Å². The molecular formula is C19H30N2O2. The van der Waals surface area contributed by atoms with Gasteiger partial charge in [0.1, 0.15) is 6.61 Å². The number of likely N-dealkylation sites (tertiary alicyclic amines) is 1. The molecule has 1 heterocycles. The second kappa shape index (κ2) is 8.46. The average Bonchev–Trinajstić information content (AvgIpc) is 2.53. The van der Waals surface area contributed by atoms with Crippen LogP contribution < -0.4 is 0 Å². The molecule has 1 aliphatic heterocycles. The van der Waals surface area contributed by atoms with E-state index in [9.17, 15) is 4.79 Å². The number of piperidine rings is 1. The van der Waals surface area contributed by atoms with Gasteiger partial charge in [0.05, 0.1) is 6.10 Å². The van der Waals surface area contributed by atoms with E-state index >= 15 is 0 Å². The van der Waals surface area contributed by atoms with Gasteiger partial charge >= 0.3 is 0 Å². The Labute approximate surface area is 140 Å². The second-order valence-electron chi connectivity index (χ2n) is 6.92. The third kappa shape index (κ3) is 5.33. The van der Waals surface area contributed by atoms with Crippen molar-refractivity contribution >= 4 is 5.91 Å². The number of hydrogen-bond acceptors (Lipinski definition) is 3. The van der Waals surface area contributed by atoms with E-state index in [4.69, 9.17) is 4.74 Å². The molecule has 1 saturated heterocycles. The molecule has 1 fully saturated rings. The van der Waals surface area contributed by atoms with Crippen molar-refractivity contribution in [1.82, 2.24) is 9.80 Å². The Bertz CT molecular complexity index is 489. The molecule has 23 heavy (non-hydrogen) atoms. The molecule has 2 rings (SSSR count). The van der Waals surface area contributed by atoms with Crippen molar-refractivity contribution in [2.75, 3.05) is 26.7 Å². The maximum absolute atomic E-state index is 12.3. The van der Waals surface area contributed by atoms with Gasteiger partial charge in [-0.2, -0.15) is 0 Å². The predicted octanol–water partition coefficient (Wildman–Crippen LogP) is 2.78. The van der Waals surface area contributed by atoms with E-state index in [1.165, 1.54) is 5.56 Å². The van der Waals surface area contributed by atoms with Crippen LogP contribution >= 0.6 is 0 Å². The summed E-state index contributed by atoms with van der Waals surface area (Å²) in [6.45, 7) is 9.40. The lowest BCUT2D eigenvalue weighted by Crippen LogP contribution is -2.51. The molecule has 1 aliphatic rings. The normalized spacial score (nSPS) is 22.3. The topological polar surface area (TPSA) is 32.8 Å². The standard InChI is InChI=1S/C19H30N2O2/c1-15(2)23-14-19(22)20(4)18-10-11-21(12-16(18)3)13-17-8-6-5-7-9-17/h5-9,15-16,18H,10-14H2,1-4H3. The molecule has 1 aromatic carbocycles. The zero-order chi connectivity index (χ0) is 16.8. The lowest BCUT2D eigenvalue weighted by molar-refractivity contribution is -0.140. The summed E-state index contributed by atoms with van der Waals surface area (Å²) in [6.07, 6.45) is 1.12. The molecule has 2 atom stereocenters. The van der Waals surface area contributed by atoms with Crippen molar-refractivity contribution in [3.05, 3.63) is 35.9 Å². The quantitative estimate of drug-likeness (QED) is 0.808. The van der Waals surface area contributed by atoms with Crippen LogP contribution in [0.4, 0.5) is 0 Å². The third-order valence-corrected chi connectivity index (χ3v) is 4.62. The highest BCUT2D eigenvalue weighted by Crippen LogP contribution is 2.23. The summed E-state index contributed by atoms with van der Waals surface area (Å²) in [6, 6.07) is 10.9. The number of ether oxygens (including phenoxy) is 1. The van der Waals surface area contributed by atoms with Gasteiger partial charge in [-0.1, -0.05) is 37.3 Å². The van der Waals surface area contributed by atoms with Crippen LogP contribution in [0.15, 0.2) is 30.3 Å². The summed E-state index contributed by atoms with van der Waals surface area (Å²) in [5.74, 6) is 0.563. The molecule has 4 nitrogen and oxygen atoms in total. The first kappa shape index (κ1) is 18.0. The molecule has 0 aliphatic carbocycles. The maximum atomic E-state index is 12.3. The van der Waals surface area contributed by atoms with Gasteiger partial charge in [0, 0.05) is 32.7 Å². The Balaban J connectivity index is 1.84. The molecule has 4 heteroatoms. The number of benzene rings is 1. The van der Waals surface area contributed by atoms with E-state index in [1.54, 1.807) is 0 Å². The summed E-state index contributed by atoms with van der Waals surface area (Å²) in [7, 11) is 1.92. The Kier molecular flexibility index (Phi) is 6.60. The van der Waals surface area contributed by atoms with E-state index in [0.29, 0.717) is 12.0 Å². The van der Waals surface area contributed by atoms with Gasteiger partial charge in [0.25, 0.3) is 0 Å². The van der Waals surface area contributed by atoms with E-state index in [1.807, 2.05) is 25.8 Å². The average molecular weight is 318 g/mol. The van der Waals surface area contributed by atoms with Crippen LogP contribution in [0.1, 0.15) is 32.8 Å². The molecule has 2 unspecified atom stereocenters. The Morgan fingerprint density at radius 3 is 2.65 bits per heavy atom. The highest BCUT2D eigenvalue weighted by atomic mass is 16.5. The van der Waals surface area contributed by atoms with Crippen LogP contribution in [0.5, 0.6) is 0 Å². The van der Waals surface area contributed by atoms with E-state index in [0.717, 1.165) is 26.1 Å². The fourth-order valence-electron chi connectivity index (χ4n) is 3.30. The highest BCUT2D eigenvalue weighted by Gasteiger charge is 2.31. The summed E-state index contributed by atoms with van der Waals surface area (Å²) in [5.41, 5.74) is 1.35. The Morgan fingerprint density at radius 1 is 1.35 bits per heavy atom. The molecule has 1 amide bonds. The summed E-state index contributed by atoms with van der Waals surface area (Å²) in [4.78, 5) is 16.6. The molecule has 0 N–H and O–H groups in total. The second-order valence-corrected chi connectivity index (χ2v) is 6.92. The number of nitrogens with zero attached hydrogens (tertiary/aromatic N) is 2. The lowest BCUT2D eigenvalue weighted by Gasteiger charge is -2.41. The molecule has 0 bridgehead atoms. The molecule has 128 valence electrons. The molecule has 0 saturated carbocycles. The van der Waals surface area contributed by atoms with Gasteiger partial charge in [0.15, 0.2) is 0 Å². The summed E-state index contributed by atoms with van der Waals surface area (Å²) >= 11 is 0. The summed E-state index contributed by atoms with van der Waals surface area (Å²) in [5, 5.41) is 0. The van der Waals surface area contributed by atoms with Crippen molar-refractivity contribution in [3.8, 4) is 0 Å². The first-order valence-corrected chi connectivity index (χ1v) is 8.61. The monoisotopic (exact) mass is 318 g/mol. The van der Waals surface area contributed by atoms with Crippen LogP contribution in [-0.2, 0) is 16.1 Å². The van der Waals surface area contributed by atoms with Gasteiger partial charge < -0.3 is 9.64 Å². The number of amides is 1. The van der Waals surface area contributed by atoms with E-state index in [2.05, 4.69) is 42.2 Å². The summed E-state index contributed by atoms with van der Waals surface area (Å²) < 4.78 is 5.45. The van der Waals surface area contributed by atoms with Crippen molar-refractivity contribution in [1.29, 1.82) is 0 Å². The van der Waals surface area contributed by atoms with Gasteiger partial charge in [-0.05, 0) is 31.7 Å². The minimum absolute atomic E-state index is 0.0899. The minimum atomic E-state index is 0.0899. The smallest absolute Gasteiger partial charge is 0.248 e. The van der Waals surface area contributed by atoms with Crippen molar-refractivity contribution in [2.24, 2.45) is 5.92 Å². The van der Waals surface area contributed by atoms with Gasteiger partial charge in [0.2, 0.25) is 5.91 Å². The Hall–Kier alpha value is -1.39. The molecule has 0 radical (unpaired) electrons. The SMILES string of the molecule is CC(C)OCC(=O)N(C)C1CCN(Cc2ccccc2)CC1C. The number of carbonyl (C=O) groups excluding carboxylic acids is 1. The largest absolute Gasteiger partial charge is 0.369 e. The Morgan fingerprint density at radius 2 is 2.04 bits per heavy atom. The zero-order valence-electron chi connectivity index (χ0n) is 14.9. The van der Waals surface area contributed by atoms with Gasteiger partial charge in [-0.3, -0.25) is 9.69 Å². The third-order valence-electron chi connectivity index (χ3n) is 4.62. The molecule has 1 aromatic rings. The van der Waals surface area contributed by atoms with Crippen LogP contribution in [-0.4, -0.2) is 54.6 Å². The van der Waals surface area contributed by atoms with Gasteiger partial charge in [-0.25, -0.2) is 0 Å². The van der Waals surface area contributed by atoms with Crippen LogP contribution in [0.3, 0.4) is 0 Å². The number of likely N-dealkylation sites (N-methyl/N-ethyl adjacent to an activating group) is 1. The molecule has 0 aromatic heterocycles. The zero-order valence-corrected chi connectivity index (χ0v) is 14.9. The van der Waals surface area contributed by atoms with E-state index < -0.39 is 0 Å². The van der Waals surface area contributed by atoms with E-state index in [-0.39, 0.29) is 18.6 Å². The molecule has 0 spiro atoms. The van der Waals surface area contributed by atoms with Crippen molar-refractivity contribution in [3.63, 3.8) is 0 Å². The van der Waals surface area contributed by atoms with Crippen molar-refractivity contribution in [2.45, 2.75) is 45.9 Å². The van der Waals surface area contributed by atoms with Crippen LogP contribution in [0, 0.1) is 5.92 Å². The maximum Gasteiger partial charge on any atom is 0.248 e. The van der Waals surface area contributed by atoms with Crippen LogP contribution in [0.2, 0.25) is 0 Å². The highest BCUT2D eigenvalue weighted by molar-refractivity contribution is 5.77. The molecular weight excluding hydrogens is 288 g/mol. The fraction of sp³-hybridized carbons (Fsp3) is 0.632. The fourth-order valence-corrected chi connectivity index (χ4v) is 3.30. The van der Waals surface area contributed by atoms with Gasteiger partial charge in [-0.15, -0.1) is 0 Å². The number of hydrogen-bond donors (Lipinski definition) is 0.